The number of rotatable bonds is 5. The first-order valence-electron chi connectivity index (χ1n) is 3.75. The molecule has 0 radical (unpaired) electrons. The van der Waals surface area contributed by atoms with Gasteiger partial charge < -0.3 is 25.2 Å². The molecule has 0 aromatic carbocycles. The first-order valence-corrected chi connectivity index (χ1v) is 3.75. The summed E-state index contributed by atoms with van der Waals surface area (Å²) in [5.41, 5.74) is 0. The zero-order valence-corrected chi connectivity index (χ0v) is 7.25. The molecule has 3 atom stereocenters. The maximum absolute atomic E-state index is 10.6. The van der Waals surface area contributed by atoms with Crippen molar-refractivity contribution in [2.45, 2.75) is 24.7 Å². The minimum absolute atomic E-state index is 0.285. The van der Waals surface area contributed by atoms with E-state index in [9.17, 15) is 4.79 Å². The quantitative estimate of drug-likeness (QED) is 0.364. The lowest BCUT2D eigenvalue weighted by Crippen LogP contribution is -2.37. The van der Waals surface area contributed by atoms with E-state index >= 15 is 0 Å². The molecule has 0 saturated heterocycles. The summed E-state index contributed by atoms with van der Waals surface area (Å²) in [5, 5.41) is 35.4. The molecule has 0 heterocycles. The molecule has 0 aliphatic rings. The lowest BCUT2D eigenvalue weighted by molar-refractivity contribution is -0.157. The average Bonchev–Trinajstić information content (AvgIpc) is 2.14. The van der Waals surface area contributed by atoms with Crippen LogP contribution in [0.15, 0.2) is 0 Å². The zero-order chi connectivity index (χ0) is 10.4. The summed E-state index contributed by atoms with van der Waals surface area (Å²) < 4.78 is 4.16. The van der Waals surface area contributed by atoms with Gasteiger partial charge in [-0.3, -0.25) is 0 Å². The summed E-state index contributed by atoms with van der Waals surface area (Å²) in [7, 11) is 1.07. The Morgan fingerprint density at radius 2 is 1.92 bits per heavy atom. The Kier molecular flexibility index (Phi) is 5.56. The molecule has 0 aromatic rings. The fraction of sp³-hybridized carbons (Fsp3) is 0.857. The van der Waals surface area contributed by atoms with Crippen molar-refractivity contribution in [1.29, 1.82) is 0 Å². The Bertz CT molecular complexity index is 159. The molecule has 6 nitrogen and oxygen atoms in total. The Balaban J connectivity index is 3.95. The highest BCUT2D eigenvalue weighted by Crippen LogP contribution is 2.04. The van der Waals surface area contributed by atoms with Crippen molar-refractivity contribution in [3.05, 3.63) is 0 Å². The third-order valence-electron chi connectivity index (χ3n) is 1.53. The highest BCUT2D eigenvalue weighted by atomic mass is 16.5. The maximum atomic E-state index is 10.6. The lowest BCUT2D eigenvalue weighted by Gasteiger charge is -2.17. The summed E-state index contributed by atoms with van der Waals surface area (Å²) in [6, 6.07) is 0. The summed E-state index contributed by atoms with van der Waals surface area (Å²) in [6.45, 7) is -0.537. The van der Waals surface area contributed by atoms with E-state index in [4.69, 9.17) is 20.4 Å². The van der Waals surface area contributed by atoms with Gasteiger partial charge >= 0.3 is 5.97 Å². The van der Waals surface area contributed by atoms with E-state index in [-0.39, 0.29) is 6.42 Å². The molecule has 0 unspecified atom stereocenters. The van der Waals surface area contributed by atoms with E-state index in [0.717, 1.165) is 7.11 Å². The number of hydrogen-bond donors (Lipinski definition) is 4. The Morgan fingerprint density at radius 3 is 2.31 bits per heavy atom. The van der Waals surface area contributed by atoms with E-state index in [0.29, 0.717) is 0 Å². The Hall–Kier alpha value is -0.690. The Labute approximate surface area is 75.4 Å². The van der Waals surface area contributed by atoms with Crippen molar-refractivity contribution in [1.82, 2.24) is 0 Å². The standard InChI is InChI=1S/C7H14O6/c1-13-7(12)6(11)5(10)2-4(9)3-8/h4-6,8-11H,2-3H2,1H3/t4-,5-,6-/m0/s1. The smallest absolute Gasteiger partial charge is 0.337 e. The third-order valence-corrected chi connectivity index (χ3v) is 1.53. The van der Waals surface area contributed by atoms with Crippen molar-refractivity contribution in [2.24, 2.45) is 0 Å². The molecule has 0 aromatic heterocycles. The minimum atomic E-state index is -1.69. The molecule has 0 spiro atoms. The van der Waals surface area contributed by atoms with Crippen molar-refractivity contribution >= 4 is 5.97 Å². The molecule has 0 bridgehead atoms. The average molecular weight is 194 g/mol. The summed E-state index contributed by atoms with van der Waals surface area (Å²) >= 11 is 0. The molecule has 13 heavy (non-hydrogen) atoms. The second-order valence-electron chi connectivity index (χ2n) is 2.61. The van der Waals surface area contributed by atoms with Gasteiger partial charge in [0, 0.05) is 6.42 Å². The van der Waals surface area contributed by atoms with Crippen LogP contribution >= 0.6 is 0 Å². The fourth-order valence-corrected chi connectivity index (χ4v) is 0.760. The van der Waals surface area contributed by atoms with Gasteiger partial charge in [-0.25, -0.2) is 4.79 Å². The van der Waals surface area contributed by atoms with E-state index in [2.05, 4.69) is 4.74 Å². The molecule has 0 amide bonds. The van der Waals surface area contributed by atoms with Gasteiger partial charge in [0.1, 0.15) is 0 Å². The van der Waals surface area contributed by atoms with Crippen LogP contribution in [-0.2, 0) is 9.53 Å². The molecule has 4 N–H and O–H groups in total. The van der Waals surface area contributed by atoms with Gasteiger partial charge in [0.2, 0.25) is 0 Å². The van der Waals surface area contributed by atoms with Crippen LogP contribution in [0.2, 0.25) is 0 Å². The van der Waals surface area contributed by atoms with Crippen LogP contribution in [0.3, 0.4) is 0 Å². The molecular weight excluding hydrogens is 180 g/mol. The van der Waals surface area contributed by atoms with Crippen LogP contribution in [-0.4, -0.2) is 58.4 Å². The van der Waals surface area contributed by atoms with Crippen molar-refractivity contribution < 1.29 is 30.0 Å². The Morgan fingerprint density at radius 1 is 1.38 bits per heavy atom. The number of esters is 1. The van der Waals surface area contributed by atoms with Gasteiger partial charge in [-0.05, 0) is 0 Å². The van der Waals surface area contributed by atoms with Crippen LogP contribution in [0, 0.1) is 0 Å². The highest BCUT2D eigenvalue weighted by molar-refractivity contribution is 5.74. The molecular formula is C7H14O6. The number of hydrogen-bond acceptors (Lipinski definition) is 6. The monoisotopic (exact) mass is 194 g/mol. The van der Waals surface area contributed by atoms with Crippen molar-refractivity contribution in [2.75, 3.05) is 13.7 Å². The molecule has 0 rings (SSSR count). The van der Waals surface area contributed by atoms with Crippen LogP contribution in [0.25, 0.3) is 0 Å². The van der Waals surface area contributed by atoms with Crippen LogP contribution < -0.4 is 0 Å². The van der Waals surface area contributed by atoms with E-state index < -0.39 is 30.9 Å². The topological polar surface area (TPSA) is 107 Å². The molecule has 0 fully saturated rings. The van der Waals surface area contributed by atoms with Gasteiger partial charge in [0.05, 0.1) is 25.9 Å². The van der Waals surface area contributed by atoms with Gasteiger partial charge in [0.25, 0.3) is 0 Å². The van der Waals surface area contributed by atoms with Crippen LogP contribution in [0.5, 0.6) is 0 Å². The predicted octanol–water partition coefficient (Wildman–Crippen LogP) is -2.38. The van der Waals surface area contributed by atoms with Crippen molar-refractivity contribution in [3.8, 4) is 0 Å². The number of aliphatic hydroxyl groups excluding tert-OH is 4. The normalized spacial score (nSPS) is 17.6. The summed E-state index contributed by atoms with van der Waals surface area (Å²) in [6.07, 6.45) is -4.57. The SMILES string of the molecule is COC(=O)[C@@H](O)[C@@H](O)C[C@H](O)CO. The van der Waals surface area contributed by atoms with E-state index in [1.54, 1.807) is 0 Å². The molecule has 78 valence electrons. The highest BCUT2D eigenvalue weighted by Gasteiger charge is 2.26. The first kappa shape index (κ1) is 12.3. The predicted molar refractivity (Wildman–Crippen MR) is 41.7 cm³/mol. The molecule has 0 saturated carbocycles. The van der Waals surface area contributed by atoms with Gasteiger partial charge in [-0.2, -0.15) is 0 Å². The van der Waals surface area contributed by atoms with E-state index in [1.165, 1.54) is 0 Å². The number of methoxy groups -OCH3 is 1. The summed E-state index contributed by atoms with van der Waals surface area (Å²) in [5.74, 6) is -0.974. The number of aliphatic hydroxyl groups is 4. The second-order valence-corrected chi connectivity index (χ2v) is 2.61. The molecule has 6 heteroatoms. The zero-order valence-electron chi connectivity index (χ0n) is 7.25. The van der Waals surface area contributed by atoms with Crippen LogP contribution in [0.1, 0.15) is 6.42 Å². The minimum Gasteiger partial charge on any atom is -0.467 e. The van der Waals surface area contributed by atoms with Gasteiger partial charge in [-0.1, -0.05) is 0 Å². The lowest BCUT2D eigenvalue weighted by atomic mass is 10.1. The van der Waals surface area contributed by atoms with Crippen molar-refractivity contribution in [3.63, 3.8) is 0 Å². The van der Waals surface area contributed by atoms with E-state index in [1.807, 2.05) is 0 Å². The number of ether oxygens (including phenoxy) is 1. The largest absolute Gasteiger partial charge is 0.467 e. The molecule has 0 aliphatic carbocycles. The first-order chi connectivity index (χ1) is 6.02. The van der Waals surface area contributed by atoms with Gasteiger partial charge in [0.15, 0.2) is 6.10 Å². The fourth-order valence-electron chi connectivity index (χ4n) is 0.760. The summed E-state index contributed by atoms with van der Waals surface area (Å²) in [4.78, 5) is 10.6. The number of carbonyl (C=O) groups excluding carboxylic acids is 1. The third kappa shape index (κ3) is 4.18. The molecule has 0 aliphatic heterocycles. The second kappa shape index (κ2) is 5.87. The maximum Gasteiger partial charge on any atom is 0.337 e. The number of carbonyl (C=O) groups is 1. The van der Waals surface area contributed by atoms with Gasteiger partial charge in [-0.15, -0.1) is 0 Å². The van der Waals surface area contributed by atoms with Crippen LogP contribution in [0.4, 0.5) is 0 Å².